The lowest BCUT2D eigenvalue weighted by Gasteiger charge is -2.13. The molecule has 0 bridgehead atoms. The van der Waals surface area contributed by atoms with Gasteiger partial charge in [-0.15, -0.1) is 0 Å². The Kier molecular flexibility index (Phi) is 6.09. The number of nitrogens with one attached hydrogen (secondary N) is 2. The fourth-order valence-corrected chi connectivity index (χ4v) is 2.71. The number of amides is 2. The van der Waals surface area contributed by atoms with Gasteiger partial charge in [0.2, 0.25) is 0 Å². The second-order valence-corrected chi connectivity index (χ2v) is 6.57. The lowest BCUT2D eigenvalue weighted by molar-refractivity contribution is 0.101. The summed E-state index contributed by atoms with van der Waals surface area (Å²) in [7, 11) is 1.43. The maximum absolute atomic E-state index is 14.0. The number of hydrogen-bond acceptors (Lipinski definition) is 4. The van der Waals surface area contributed by atoms with Crippen LogP contribution in [0.25, 0.3) is 0 Å². The Labute approximate surface area is 171 Å². The van der Waals surface area contributed by atoms with E-state index in [2.05, 4.69) is 15.6 Å². The van der Waals surface area contributed by atoms with Crippen molar-refractivity contribution in [1.82, 2.24) is 4.98 Å². The number of carbonyl (C=O) groups is 2. The number of rotatable bonds is 5. The second-order valence-electron chi connectivity index (χ2n) is 6.14. The van der Waals surface area contributed by atoms with Gasteiger partial charge in [-0.3, -0.25) is 14.6 Å². The Bertz CT molecular complexity index is 1070. The number of halogens is 2. The molecule has 0 fully saturated rings. The van der Waals surface area contributed by atoms with Gasteiger partial charge in [-0.2, -0.15) is 0 Å². The predicted octanol–water partition coefficient (Wildman–Crippen LogP) is 4.70. The SMILES string of the molecule is COc1ccc(NC(=O)c2ccc(C)nc2)cc1NC(=O)c1ccc(Cl)cc1F. The van der Waals surface area contributed by atoms with Crippen LogP contribution in [-0.4, -0.2) is 23.9 Å². The highest BCUT2D eigenvalue weighted by atomic mass is 35.5. The molecule has 29 heavy (non-hydrogen) atoms. The van der Waals surface area contributed by atoms with Crippen LogP contribution < -0.4 is 15.4 Å². The number of aryl methyl sites for hydroxylation is 1. The van der Waals surface area contributed by atoms with E-state index >= 15 is 0 Å². The third-order valence-corrected chi connectivity index (χ3v) is 4.29. The summed E-state index contributed by atoms with van der Waals surface area (Å²) in [6, 6.07) is 11.9. The number of methoxy groups -OCH3 is 1. The van der Waals surface area contributed by atoms with Crippen molar-refractivity contribution in [1.29, 1.82) is 0 Å². The molecule has 0 saturated heterocycles. The third kappa shape index (κ3) is 4.89. The Morgan fingerprint density at radius 3 is 2.48 bits per heavy atom. The molecule has 0 aliphatic heterocycles. The monoisotopic (exact) mass is 413 g/mol. The molecule has 2 aromatic carbocycles. The van der Waals surface area contributed by atoms with Gasteiger partial charge in [-0.05, 0) is 55.5 Å². The van der Waals surface area contributed by atoms with E-state index in [9.17, 15) is 14.0 Å². The zero-order valence-corrected chi connectivity index (χ0v) is 16.4. The summed E-state index contributed by atoms with van der Waals surface area (Å²) in [5.74, 6) is -1.43. The first-order valence-electron chi connectivity index (χ1n) is 8.56. The largest absolute Gasteiger partial charge is 0.495 e. The van der Waals surface area contributed by atoms with Crippen molar-refractivity contribution in [3.8, 4) is 5.75 Å². The van der Waals surface area contributed by atoms with Crippen molar-refractivity contribution < 1.29 is 18.7 Å². The van der Waals surface area contributed by atoms with Gasteiger partial charge < -0.3 is 15.4 Å². The van der Waals surface area contributed by atoms with Crippen LogP contribution in [0.1, 0.15) is 26.4 Å². The maximum atomic E-state index is 14.0. The molecule has 0 aliphatic carbocycles. The Morgan fingerprint density at radius 1 is 1.03 bits per heavy atom. The molecule has 0 saturated carbocycles. The van der Waals surface area contributed by atoms with Crippen molar-refractivity contribution in [2.24, 2.45) is 0 Å². The van der Waals surface area contributed by atoms with Crippen molar-refractivity contribution >= 4 is 34.8 Å². The standard InChI is InChI=1S/C21H17ClFN3O3/c1-12-3-4-13(11-24-12)20(27)25-15-6-8-19(29-2)18(10-15)26-21(28)16-7-5-14(22)9-17(16)23/h3-11H,1-2H3,(H,25,27)(H,26,28). The van der Waals surface area contributed by atoms with E-state index in [1.54, 1.807) is 24.3 Å². The highest BCUT2D eigenvalue weighted by Gasteiger charge is 2.16. The normalized spacial score (nSPS) is 10.3. The topological polar surface area (TPSA) is 80.3 Å². The van der Waals surface area contributed by atoms with E-state index in [-0.39, 0.29) is 22.2 Å². The van der Waals surface area contributed by atoms with Gasteiger partial charge in [-0.1, -0.05) is 11.6 Å². The first-order valence-corrected chi connectivity index (χ1v) is 8.93. The molecule has 148 valence electrons. The van der Waals surface area contributed by atoms with Crippen LogP contribution in [0.4, 0.5) is 15.8 Å². The highest BCUT2D eigenvalue weighted by molar-refractivity contribution is 6.30. The number of pyridine rings is 1. The van der Waals surface area contributed by atoms with E-state index in [0.29, 0.717) is 17.0 Å². The van der Waals surface area contributed by atoms with Crippen LogP contribution in [0.5, 0.6) is 5.75 Å². The van der Waals surface area contributed by atoms with Crippen molar-refractivity contribution in [3.05, 3.63) is 82.4 Å². The number of benzene rings is 2. The lowest BCUT2D eigenvalue weighted by Crippen LogP contribution is -2.16. The molecule has 1 heterocycles. The van der Waals surface area contributed by atoms with Gasteiger partial charge in [0.15, 0.2) is 0 Å². The minimum absolute atomic E-state index is 0.170. The van der Waals surface area contributed by atoms with Gasteiger partial charge in [0.1, 0.15) is 11.6 Å². The molecule has 8 heteroatoms. The van der Waals surface area contributed by atoms with E-state index in [1.165, 1.54) is 31.5 Å². The van der Waals surface area contributed by atoms with Crippen LogP contribution in [0.3, 0.4) is 0 Å². The van der Waals surface area contributed by atoms with Crippen LogP contribution in [0, 0.1) is 12.7 Å². The molecule has 0 unspecified atom stereocenters. The number of nitrogens with zero attached hydrogens (tertiary/aromatic N) is 1. The quantitative estimate of drug-likeness (QED) is 0.635. The van der Waals surface area contributed by atoms with Crippen molar-refractivity contribution in [3.63, 3.8) is 0 Å². The van der Waals surface area contributed by atoms with E-state index in [0.717, 1.165) is 11.8 Å². The van der Waals surface area contributed by atoms with Gasteiger partial charge in [0.25, 0.3) is 11.8 Å². The molecule has 6 nitrogen and oxygen atoms in total. The van der Waals surface area contributed by atoms with Crippen LogP contribution in [-0.2, 0) is 0 Å². The summed E-state index contributed by atoms with van der Waals surface area (Å²) in [6.07, 6.45) is 1.47. The third-order valence-electron chi connectivity index (χ3n) is 4.05. The van der Waals surface area contributed by atoms with Crippen LogP contribution in [0.2, 0.25) is 5.02 Å². The number of ether oxygens (including phenoxy) is 1. The summed E-state index contributed by atoms with van der Waals surface area (Å²) in [6.45, 7) is 1.82. The molecule has 0 radical (unpaired) electrons. The molecule has 2 amide bonds. The summed E-state index contributed by atoms with van der Waals surface area (Å²) >= 11 is 5.72. The lowest BCUT2D eigenvalue weighted by atomic mass is 10.1. The van der Waals surface area contributed by atoms with E-state index < -0.39 is 11.7 Å². The first kappa shape index (κ1) is 20.3. The molecular weight excluding hydrogens is 397 g/mol. The Hall–Kier alpha value is -3.45. The average Bonchev–Trinajstić information content (AvgIpc) is 2.68. The summed E-state index contributed by atoms with van der Waals surface area (Å²) in [5.41, 5.74) is 1.71. The minimum atomic E-state index is -0.745. The fraction of sp³-hybridized carbons (Fsp3) is 0.0952. The first-order chi connectivity index (χ1) is 13.9. The molecule has 3 aromatic rings. The average molecular weight is 414 g/mol. The highest BCUT2D eigenvalue weighted by Crippen LogP contribution is 2.29. The zero-order chi connectivity index (χ0) is 21.0. The molecule has 0 spiro atoms. The summed E-state index contributed by atoms with van der Waals surface area (Å²) in [5, 5.41) is 5.50. The van der Waals surface area contributed by atoms with Gasteiger partial charge >= 0.3 is 0 Å². The smallest absolute Gasteiger partial charge is 0.258 e. The molecule has 2 N–H and O–H groups in total. The number of aromatic nitrogens is 1. The molecule has 0 aliphatic rings. The van der Waals surface area contributed by atoms with Gasteiger partial charge in [-0.25, -0.2) is 4.39 Å². The number of anilines is 2. The number of carbonyl (C=O) groups excluding carboxylic acids is 2. The Morgan fingerprint density at radius 2 is 1.83 bits per heavy atom. The zero-order valence-electron chi connectivity index (χ0n) is 15.6. The van der Waals surface area contributed by atoms with Crippen molar-refractivity contribution in [2.75, 3.05) is 17.7 Å². The van der Waals surface area contributed by atoms with Gasteiger partial charge in [0, 0.05) is 22.6 Å². The fourth-order valence-electron chi connectivity index (χ4n) is 2.55. The summed E-state index contributed by atoms with van der Waals surface area (Å²) in [4.78, 5) is 28.9. The van der Waals surface area contributed by atoms with E-state index in [4.69, 9.17) is 16.3 Å². The molecule has 1 aromatic heterocycles. The number of hydrogen-bond donors (Lipinski definition) is 2. The molecular formula is C21H17ClFN3O3. The molecule has 3 rings (SSSR count). The summed E-state index contributed by atoms with van der Waals surface area (Å²) < 4.78 is 19.3. The van der Waals surface area contributed by atoms with Crippen molar-refractivity contribution in [2.45, 2.75) is 6.92 Å². The molecule has 0 atom stereocenters. The van der Waals surface area contributed by atoms with E-state index in [1.807, 2.05) is 6.92 Å². The predicted molar refractivity (Wildman–Crippen MR) is 109 cm³/mol. The maximum Gasteiger partial charge on any atom is 0.258 e. The second kappa shape index (κ2) is 8.70. The Balaban J connectivity index is 1.82. The van der Waals surface area contributed by atoms with Gasteiger partial charge in [0.05, 0.1) is 23.9 Å². The minimum Gasteiger partial charge on any atom is -0.495 e. The van der Waals surface area contributed by atoms with Crippen LogP contribution in [0.15, 0.2) is 54.7 Å². The van der Waals surface area contributed by atoms with Crippen LogP contribution >= 0.6 is 11.6 Å².